The van der Waals surface area contributed by atoms with E-state index in [4.69, 9.17) is 9.47 Å². The molecule has 36 heavy (non-hydrogen) atoms. The fourth-order valence-corrected chi connectivity index (χ4v) is 4.56. The lowest BCUT2D eigenvalue weighted by Crippen LogP contribution is -2.29. The van der Waals surface area contributed by atoms with E-state index in [1.54, 1.807) is 56.5 Å². The number of benzene rings is 3. The molecule has 0 aliphatic carbocycles. The zero-order valence-corrected chi connectivity index (χ0v) is 20.8. The number of aryl methyl sites for hydroxylation is 3. The Labute approximate surface area is 209 Å². The number of carbonyl (C=O) groups excluding carboxylic acids is 3. The molecule has 1 fully saturated rings. The first-order valence-corrected chi connectivity index (χ1v) is 11.4. The van der Waals surface area contributed by atoms with Crippen LogP contribution in [0.1, 0.15) is 40.8 Å². The smallest absolute Gasteiger partial charge is 0.308 e. The van der Waals surface area contributed by atoms with Crippen molar-refractivity contribution in [3.05, 3.63) is 94.1 Å². The second kappa shape index (κ2) is 9.70. The highest BCUT2D eigenvalue weighted by Crippen LogP contribution is 2.43. The molecule has 0 spiro atoms. The predicted molar refractivity (Wildman–Crippen MR) is 136 cm³/mol. The molecule has 184 valence electrons. The number of carbonyl (C=O) groups is 3. The number of ether oxygens (including phenoxy) is 2. The monoisotopic (exact) mass is 485 g/mol. The second-order valence-corrected chi connectivity index (χ2v) is 8.86. The summed E-state index contributed by atoms with van der Waals surface area (Å²) in [6.45, 7) is 6.92. The molecule has 1 saturated heterocycles. The van der Waals surface area contributed by atoms with E-state index in [1.165, 1.54) is 11.8 Å². The maximum absolute atomic E-state index is 13.4. The first-order valence-electron chi connectivity index (χ1n) is 11.4. The van der Waals surface area contributed by atoms with E-state index >= 15 is 0 Å². The van der Waals surface area contributed by atoms with Crippen LogP contribution in [0.4, 0.5) is 5.69 Å². The number of ketones is 1. The van der Waals surface area contributed by atoms with Gasteiger partial charge in [-0.15, -0.1) is 0 Å². The average molecular weight is 486 g/mol. The van der Waals surface area contributed by atoms with Crippen LogP contribution in [0.5, 0.6) is 11.5 Å². The number of rotatable bonds is 5. The Morgan fingerprint density at radius 1 is 0.889 bits per heavy atom. The van der Waals surface area contributed by atoms with E-state index < -0.39 is 23.7 Å². The number of amides is 1. The quantitative estimate of drug-likeness (QED) is 0.176. The van der Waals surface area contributed by atoms with Gasteiger partial charge in [0.25, 0.3) is 11.7 Å². The van der Waals surface area contributed by atoms with Crippen molar-refractivity contribution in [3.63, 3.8) is 0 Å². The van der Waals surface area contributed by atoms with Gasteiger partial charge in [0.15, 0.2) is 0 Å². The van der Waals surface area contributed by atoms with Crippen LogP contribution >= 0.6 is 0 Å². The van der Waals surface area contributed by atoms with Gasteiger partial charge in [0.2, 0.25) is 0 Å². The minimum atomic E-state index is -0.890. The number of hydrogen-bond acceptors (Lipinski definition) is 6. The van der Waals surface area contributed by atoms with Crippen LogP contribution in [0.25, 0.3) is 5.76 Å². The maximum Gasteiger partial charge on any atom is 0.308 e. The first kappa shape index (κ1) is 24.7. The Bertz CT molecular complexity index is 1380. The Kier molecular flexibility index (Phi) is 6.66. The number of methoxy groups -OCH3 is 1. The van der Waals surface area contributed by atoms with Crippen molar-refractivity contribution in [2.24, 2.45) is 0 Å². The summed E-state index contributed by atoms with van der Waals surface area (Å²) in [5.74, 6) is -1.30. The van der Waals surface area contributed by atoms with E-state index in [-0.39, 0.29) is 11.3 Å². The minimum absolute atomic E-state index is 0.0207. The molecular formula is C29H27NO6. The Hall–Kier alpha value is -4.39. The molecule has 0 saturated carbocycles. The third kappa shape index (κ3) is 4.60. The van der Waals surface area contributed by atoms with Crippen molar-refractivity contribution >= 4 is 29.1 Å². The van der Waals surface area contributed by atoms with Crippen LogP contribution < -0.4 is 14.4 Å². The van der Waals surface area contributed by atoms with Gasteiger partial charge in [-0.1, -0.05) is 18.2 Å². The summed E-state index contributed by atoms with van der Waals surface area (Å²) in [5.41, 5.74) is 4.09. The summed E-state index contributed by atoms with van der Waals surface area (Å²) >= 11 is 0. The fraction of sp³-hybridized carbons (Fsp3) is 0.207. The summed E-state index contributed by atoms with van der Waals surface area (Å²) in [6, 6.07) is 16.4. The van der Waals surface area contributed by atoms with Gasteiger partial charge in [0.1, 0.15) is 17.3 Å². The molecule has 0 aromatic heterocycles. The molecule has 1 aliphatic rings. The third-order valence-electron chi connectivity index (χ3n) is 6.08. The molecule has 7 nitrogen and oxygen atoms in total. The number of hydrogen-bond donors (Lipinski definition) is 1. The van der Waals surface area contributed by atoms with Crippen molar-refractivity contribution in [1.29, 1.82) is 0 Å². The van der Waals surface area contributed by atoms with Crippen molar-refractivity contribution in [2.75, 3.05) is 12.0 Å². The molecule has 3 aromatic carbocycles. The van der Waals surface area contributed by atoms with E-state index in [9.17, 15) is 19.5 Å². The topological polar surface area (TPSA) is 93.1 Å². The zero-order valence-electron chi connectivity index (χ0n) is 20.8. The maximum atomic E-state index is 13.4. The van der Waals surface area contributed by atoms with Gasteiger partial charge >= 0.3 is 5.97 Å². The number of anilines is 1. The number of esters is 1. The molecule has 1 unspecified atom stereocenters. The molecule has 3 aromatic rings. The van der Waals surface area contributed by atoms with E-state index in [2.05, 4.69) is 0 Å². The SMILES string of the molecule is COc1ccc(/C(O)=C2/C(=O)C(=O)N(c3cc(C)cc(C)c3)C2c2ccc(OC(C)=O)cc2)c(C)c1. The van der Waals surface area contributed by atoms with Gasteiger partial charge in [-0.25, -0.2) is 0 Å². The standard InChI is InChI=1S/C29H27NO6/c1-16-12-17(2)14-21(13-16)30-26(20-6-8-22(9-7-20)36-19(4)31)25(28(33)29(30)34)27(32)24-11-10-23(35-5)15-18(24)3/h6-15,26,32H,1-5H3/b27-25-. The normalized spacial score (nSPS) is 16.8. The Balaban J connectivity index is 1.93. The molecule has 7 heteroatoms. The highest BCUT2D eigenvalue weighted by Gasteiger charge is 2.47. The van der Waals surface area contributed by atoms with Crippen molar-refractivity contribution < 1.29 is 29.0 Å². The van der Waals surface area contributed by atoms with E-state index in [0.29, 0.717) is 33.9 Å². The molecule has 1 amide bonds. The fourth-order valence-electron chi connectivity index (χ4n) is 4.56. The molecule has 1 heterocycles. The van der Waals surface area contributed by atoms with Crippen molar-refractivity contribution in [3.8, 4) is 11.5 Å². The molecule has 1 atom stereocenters. The summed E-state index contributed by atoms with van der Waals surface area (Å²) in [5, 5.41) is 11.4. The van der Waals surface area contributed by atoms with Crippen LogP contribution in [-0.4, -0.2) is 29.9 Å². The largest absolute Gasteiger partial charge is 0.507 e. The number of aliphatic hydroxyl groups is 1. The highest BCUT2D eigenvalue weighted by atomic mass is 16.5. The van der Waals surface area contributed by atoms with Crippen molar-refractivity contribution in [2.45, 2.75) is 33.7 Å². The molecular weight excluding hydrogens is 458 g/mol. The molecule has 1 aliphatic heterocycles. The van der Waals surface area contributed by atoms with Crippen LogP contribution in [0.2, 0.25) is 0 Å². The summed E-state index contributed by atoms with van der Waals surface area (Å²) < 4.78 is 10.4. The summed E-state index contributed by atoms with van der Waals surface area (Å²) in [6.07, 6.45) is 0. The van der Waals surface area contributed by atoms with Gasteiger partial charge in [0, 0.05) is 18.2 Å². The lowest BCUT2D eigenvalue weighted by atomic mass is 9.93. The predicted octanol–water partition coefficient (Wildman–Crippen LogP) is 5.17. The zero-order chi connectivity index (χ0) is 26.1. The molecule has 0 radical (unpaired) electrons. The van der Waals surface area contributed by atoms with Gasteiger partial charge < -0.3 is 14.6 Å². The van der Waals surface area contributed by atoms with Gasteiger partial charge in [0.05, 0.1) is 18.7 Å². The lowest BCUT2D eigenvalue weighted by Gasteiger charge is -2.26. The average Bonchev–Trinajstić information content (AvgIpc) is 3.08. The number of Topliss-reactive ketones (excluding diaryl/α,β-unsaturated/α-hetero) is 1. The van der Waals surface area contributed by atoms with Crippen LogP contribution in [0.3, 0.4) is 0 Å². The number of nitrogens with zero attached hydrogens (tertiary/aromatic N) is 1. The second-order valence-electron chi connectivity index (χ2n) is 8.86. The van der Waals surface area contributed by atoms with Crippen LogP contribution in [0.15, 0.2) is 66.2 Å². The van der Waals surface area contributed by atoms with Crippen molar-refractivity contribution in [1.82, 2.24) is 0 Å². The highest BCUT2D eigenvalue weighted by molar-refractivity contribution is 6.51. The first-order chi connectivity index (χ1) is 17.1. The van der Waals surface area contributed by atoms with Gasteiger partial charge in [-0.05, 0) is 85.5 Å². The molecule has 0 bridgehead atoms. The van der Waals surface area contributed by atoms with E-state index in [0.717, 1.165) is 11.1 Å². The Morgan fingerprint density at radius 2 is 1.50 bits per heavy atom. The molecule has 1 N–H and O–H groups in total. The van der Waals surface area contributed by atoms with Crippen LogP contribution in [-0.2, 0) is 14.4 Å². The van der Waals surface area contributed by atoms with E-state index in [1.807, 2.05) is 32.0 Å². The minimum Gasteiger partial charge on any atom is -0.507 e. The summed E-state index contributed by atoms with van der Waals surface area (Å²) in [4.78, 5) is 39.6. The third-order valence-corrected chi connectivity index (χ3v) is 6.08. The number of aliphatic hydroxyl groups excluding tert-OH is 1. The lowest BCUT2D eigenvalue weighted by molar-refractivity contribution is -0.132. The van der Waals surface area contributed by atoms with Crippen LogP contribution in [0, 0.1) is 20.8 Å². The molecule has 4 rings (SSSR count). The summed E-state index contributed by atoms with van der Waals surface area (Å²) in [7, 11) is 1.54. The van der Waals surface area contributed by atoms with Gasteiger partial charge in [-0.2, -0.15) is 0 Å². The Morgan fingerprint density at radius 3 is 2.06 bits per heavy atom. The van der Waals surface area contributed by atoms with Gasteiger partial charge in [-0.3, -0.25) is 19.3 Å².